The van der Waals surface area contributed by atoms with Gasteiger partial charge >= 0.3 is 5.97 Å². The van der Waals surface area contributed by atoms with E-state index in [1.54, 1.807) is 26.0 Å². The van der Waals surface area contributed by atoms with E-state index in [4.69, 9.17) is 4.52 Å². The van der Waals surface area contributed by atoms with Gasteiger partial charge in [0, 0.05) is 0 Å². The van der Waals surface area contributed by atoms with Gasteiger partial charge in [0.2, 0.25) is 5.89 Å². The number of anilines is 1. The van der Waals surface area contributed by atoms with E-state index in [1.807, 2.05) is 0 Å². The van der Waals surface area contributed by atoms with Crippen molar-refractivity contribution >= 4 is 11.8 Å². The Balaban J connectivity index is 2.06. The first-order valence-electron chi connectivity index (χ1n) is 5.69. The number of aryl methyl sites for hydroxylation is 2. The van der Waals surface area contributed by atoms with E-state index in [0.29, 0.717) is 35.3 Å². The third kappa shape index (κ3) is 3.06. The number of pyridine rings is 1. The molecule has 2 rings (SSSR count). The van der Waals surface area contributed by atoms with Gasteiger partial charge in [-0.2, -0.15) is 4.98 Å². The zero-order valence-corrected chi connectivity index (χ0v) is 10.9. The number of aromatic nitrogens is 3. The van der Waals surface area contributed by atoms with Crippen LogP contribution in [0, 0.1) is 13.8 Å². The highest BCUT2D eigenvalue weighted by molar-refractivity contribution is 5.90. The summed E-state index contributed by atoms with van der Waals surface area (Å²) in [6.45, 7) is 3.87. The summed E-state index contributed by atoms with van der Waals surface area (Å²) in [5, 5.41) is 6.73. The van der Waals surface area contributed by atoms with Crippen LogP contribution in [0.2, 0.25) is 0 Å². The second kappa shape index (κ2) is 5.47. The summed E-state index contributed by atoms with van der Waals surface area (Å²) in [4.78, 5) is 19.7. The summed E-state index contributed by atoms with van der Waals surface area (Å²) in [6.07, 6.45) is 0. The Labute approximate surface area is 110 Å². The standard InChI is InChI=1S/C12H14N4O3/c1-7-9(12(17)18-3)4-5-10(14-7)13-6-11-15-8(2)16-19-11/h4-5H,6H2,1-3H3,(H,13,14). The molecular weight excluding hydrogens is 248 g/mol. The van der Waals surface area contributed by atoms with Crippen LogP contribution in [0.5, 0.6) is 0 Å². The van der Waals surface area contributed by atoms with Gasteiger partial charge in [-0.15, -0.1) is 0 Å². The number of methoxy groups -OCH3 is 1. The minimum absolute atomic E-state index is 0.380. The highest BCUT2D eigenvalue weighted by atomic mass is 16.5. The predicted octanol–water partition coefficient (Wildman–Crippen LogP) is 1.48. The van der Waals surface area contributed by atoms with Gasteiger partial charge in [-0.25, -0.2) is 9.78 Å². The first kappa shape index (κ1) is 13.0. The number of ether oxygens (including phenoxy) is 1. The molecule has 100 valence electrons. The molecule has 1 N–H and O–H groups in total. The smallest absolute Gasteiger partial charge is 0.339 e. The van der Waals surface area contributed by atoms with Gasteiger partial charge < -0.3 is 14.6 Å². The Bertz CT molecular complexity index is 594. The van der Waals surface area contributed by atoms with E-state index >= 15 is 0 Å². The number of carbonyl (C=O) groups is 1. The molecule has 7 heteroatoms. The minimum atomic E-state index is -0.399. The third-order valence-electron chi connectivity index (χ3n) is 2.48. The fourth-order valence-electron chi connectivity index (χ4n) is 1.56. The molecule has 2 heterocycles. The Kier molecular flexibility index (Phi) is 3.74. The van der Waals surface area contributed by atoms with Gasteiger partial charge in [-0.1, -0.05) is 5.16 Å². The second-order valence-corrected chi connectivity index (χ2v) is 3.91. The largest absolute Gasteiger partial charge is 0.465 e. The number of rotatable bonds is 4. The van der Waals surface area contributed by atoms with Crippen LogP contribution in [0.1, 0.15) is 27.8 Å². The molecule has 0 saturated carbocycles. The van der Waals surface area contributed by atoms with E-state index in [2.05, 4.69) is 25.2 Å². The van der Waals surface area contributed by atoms with E-state index in [1.165, 1.54) is 7.11 Å². The van der Waals surface area contributed by atoms with Gasteiger partial charge in [0.1, 0.15) is 5.82 Å². The lowest BCUT2D eigenvalue weighted by molar-refractivity contribution is 0.0599. The second-order valence-electron chi connectivity index (χ2n) is 3.91. The van der Waals surface area contributed by atoms with Gasteiger partial charge in [0.05, 0.1) is 24.9 Å². The molecule has 7 nitrogen and oxygen atoms in total. The van der Waals surface area contributed by atoms with Crippen molar-refractivity contribution in [2.24, 2.45) is 0 Å². The summed E-state index contributed by atoms with van der Waals surface area (Å²) in [7, 11) is 1.34. The fraction of sp³-hybridized carbons (Fsp3) is 0.333. The molecule has 0 bridgehead atoms. The van der Waals surface area contributed by atoms with Crippen molar-refractivity contribution in [2.75, 3.05) is 12.4 Å². The molecule has 0 amide bonds. The Morgan fingerprint density at radius 3 is 2.74 bits per heavy atom. The van der Waals surface area contributed by atoms with Gasteiger partial charge in [-0.3, -0.25) is 0 Å². The monoisotopic (exact) mass is 262 g/mol. The van der Waals surface area contributed by atoms with Crippen LogP contribution in [0.25, 0.3) is 0 Å². The average molecular weight is 262 g/mol. The lowest BCUT2D eigenvalue weighted by Crippen LogP contribution is -2.08. The van der Waals surface area contributed by atoms with Crippen LogP contribution in [0.4, 0.5) is 5.82 Å². The van der Waals surface area contributed by atoms with Gasteiger partial charge in [-0.05, 0) is 26.0 Å². The Hall–Kier alpha value is -2.44. The minimum Gasteiger partial charge on any atom is -0.465 e. The third-order valence-corrected chi connectivity index (χ3v) is 2.48. The number of esters is 1. The number of nitrogens with zero attached hydrogens (tertiary/aromatic N) is 3. The van der Waals surface area contributed by atoms with Crippen LogP contribution < -0.4 is 5.32 Å². The maximum atomic E-state index is 11.4. The molecule has 2 aromatic heterocycles. The number of hydrogen-bond acceptors (Lipinski definition) is 7. The van der Waals surface area contributed by atoms with Crippen LogP contribution in [-0.4, -0.2) is 28.2 Å². The average Bonchev–Trinajstić information content (AvgIpc) is 2.81. The summed E-state index contributed by atoms with van der Waals surface area (Å²) < 4.78 is 9.63. The lowest BCUT2D eigenvalue weighted by atomic mass is 10.2. The summed E-state index contributed by atoms with van der Waals surface area (Å²) in [6, 6.07) is 3.36. The molecule has 0 saturated heterocycles. The van der Waals surface area contributed by atoms with E-state index < -0.39 is 5.97 Å². The molecule has 19 heavy (non-hydrogen) atoms. The molecule has 0 unspecified atom stereocenters. The van der Waals surface area contributed by atoms with Crippen molar-refractivity contribution in [3.8, 4) is 0 Å². The topological polar surface area (TPSA) is 90.1 Å². The quantitative estimate of drug-likeness (QED) is 0.834. The Morgan fingerprint density at radius 2 is 2.16 bits per heavy atom. The number of nitrogens with one attached hydrogen (secondary N) is 1. The summed E-state index contributed by atoms with van der Waals surface area (Å²) >= 11 is 0. The van der Waals surface area contributed by atoms with Crippen LogP contribution in [0.3, 0.4) is 0 Å². The van der Waals surface area contributed by atoms with Crippen molar-refractivity contribution in [3.05, 3.63) is 35.1 Å². The van der Waals surface area contributed by atoms with Crippen LogP contribution in [-0.2, 0) is 11.3 Å². The van der Waals surface area contributed by atoms with Gasteiger partial charge in [0.15, 0.2) is 5.82 Å². The van der Waals surface area contributed by atoms with E-state index in [9.17, 15) is 4.79 Å². The molecule has 0 aromatic carbocycles. The summed E-state index contributed by atoms with van der Waals surface area (Å²) in [5.74, 6) is 1.29. The van der Waals surface area contributed by atoms with Crippen molar-refractivity contribution in [3.63, 3.8) is 0 Å². The van der Waals surface area contributed by atoms with E-state index in [-0.39, 0.29) is 0 Å². The lowest BCUT2D eigenvalue weighted by Gasteiger charge is -2.06. The molecule has 0 aliphatic heterocycles. The highest BCUT2D eigenvalue weighted by Gasteiger charge is 2.11. The molecule has 0 fully saturated rings. The van der Waals surface area contributed by atoms with Crippen LogP contribution >= 0.6 is 0 Å². The maximum Gasteiger partial charge on any atom is 0.339 e. The van der Waals surface area contributed by atoms with Crippen LogP contribution in [0.15, 0.2) is 16.7 Å². The SMILES string of the molecule is COC(=O)c1ccc(NCc2nc(C)no2)nc1C. The molecule has 2 aromatic rings. The van der Waals surface area contributed by atoms with Crippen molar-refractivity contribution in [2.45, 2.75) is 20.4 Å². The molecule has 0 spiro atoms. The maximum absolute atomic E-state index is 11.4. The normalized spacial score (nSPS) is 10.3. The number of carbonyl (C=O) groups excluding carboxylic acids is 1. The molecule has 0 radical (unpaired) electrons. The predicted molar refractivity (Wildman–Crippen MR) is 66.7 cm³/mol. The molecule has 0 atom stereocenters. The molecular formula is C12H14N4O3. The fourth-order valence-corrected chi connectivity index (χ4v) is 1.56. The van der Waals surface area contributed by atoms with Gasteiger partial charge in [0.25, 0.3) is 0 Å². The first-order chi connectivity index (χ1) is 9.10. The van der Waals surface area contributed by atoms with E-state index in [0.717, 1.165) is 0 Å². The van der Waals surface area contributed by atoms with Crippen molar-refractivity contribution < 1.29 is 14.1 Å². The zero-order chi connectivity index (χ0) is 13.8. The van der Waals surface area contributed by atoms with Crippen molar-refractivity contribution in [1.29, 1.82) is 0 Å². The number of hydrogen-bond donors (Lipinski definition) is 1. The van der Waals surface area contributed by atoms with Crippen molar-refractivity contribution in [1.82, 2.24) is 15.1 Å². The summed E-state index contributed by atoms with van der Waals surface area (Å²) in [5.41, 5.74) is 1.04. The molecule has 0 aliphatic rings. The molecule has 0 aliphatic carbocycles. The first-order valence-corrected chi connectivity index (χ1v) is 5.69. The highest BCUT2D eigenvalue weighted by Crippen LogP contribution is 2.12. The zero-order valence-electron chi connectivity index (χ0n) is 10.9. The Morgan fingerprint density at radius 1 is 1.37 bits per heavy atom.